The van der Waals surface area contributed by atoms with Gasteiger partial charge in [-0.3, -0.25) is 0 Å². The predicted molar refractivity (Wildman–Crippen MR) is 178 cm³/mol. The fourth-order valence-electron chi connectivity index (χ4n) is 4.32. The van der Waals surface area contributed by atoms with Gasteiger partial charge in [-0.2, -0.15) is 0 Å². The van der Waals surface area contributed by atoms with Gasteiger partial charge in [0.25, 0.3) is 0 Å². The number of benzene rings is 4. The Bertz CT molecular complexity index is 1420. The van der Waals surface area contributed by atoms with Crippen molar-refractivity contribution in [3.63, 3.8) is 0 Å². The molecule has 4 aromatic carbocycles. The second-order valence-corrected chi connectivity index (χ2v) is 12.5. The molecule has 0 aliphatic carbocycles. The van der Waals surface area contributed by atoms with Crippen molar-refractivity contribution in [2.24, 2.45) is 0 Å². The first-order valence-corrected chi connectivity index (χ1v) is 15.5. The molecule has 0 spiro atoms. The van der Waals surface area contributed by atoms with Gasteiger partial charge in [0.2, 0.25) is 0 Å². The van der Waals surface area contributed by atoms with Crippen LogP contribution in [-0.4, -0.2) is 47.5 Å². The van der Waals surface area contributed by atoms with Gasteiger partial charge in [-0.05, 0) is 92.4 Å². The van der Waals surface area contributed by atoms with E-state index in [0.717, 1.165) is 33.6 Å². The molecule has 0 saturated heterocycles. The molecule has 0 saturated carbocycles. The van der Waals surface area contributed by atoms with Crippen molar-refractivity contribution in [1.29, 1.82) is 0 Å². The van der Waals surface area contributed by atoms with Crippen LogP contribution in [0, 0.1) is 0 Å². The first-order chi connectivity index (χ1) is 21.1. The molecule has 7 nitrogen and oxygen atoms in total. The summed E-state index contributed by atoms with van der Waals surface area (Å²) in [6, 6.07) is 33.6. The third kappa shape index (κ3) is 11.6. The molecule has 0 aliphatic heterocycles. The van der Waals surface area contributed by atoms with Gasteiger partial charge in [0.05, 0.1) is 6.54 Å². The van der Waals surface area contributed by atoms with Crippen molar-refractivity contribution in [3.8, 4) is 11.5 Å². The van der Waals surface area contributed by atoms with E-state index in [1.165, 1.54) is 5.56 Å². The standard InChI is InChI=1S/C36H41BrN2O5/c1-36(2,3)44-35(41)39(22-21-27-11-15-31(16-12-27)38-23-28-9-13-30(37)14-10-28)24-32(40)26-43-34-19-17-33(18-20-34)42-25-29-7-5-4-6-8-29/h4-20,32,38,40H,21-26H2,1-3H3/t32-/m0/s1. The van der Waals surface area contributed by atoms with Crippen LogP contribution in [0.3, 0.4) is 0 Å². The van der Waals surface area contributed by atoms with Gasteiger partial charge in [-0.1, -0.05) is 70.5 Å². The van der Waals surface area contributed by atoms with E-state index in [1.54, 1.807) is 17.0 Å². The minimum atomic E-state index is -0.901. The first kappa shape index (κ1) is 32.9. The maximum absolute atomic E-state index is 13.0. The Morgan fingerprint density at radius 2 is 1.43 bits per heavy atom. The highest BCUT2D eigenvalue weighted by Crippen LogP contribution is 2.20. The number of rotatable bonds is 14. The smallest absolute Gasteiger partial charge is 0.410 e. The van der Waals surface area contributed by atoms with Gasteiger partial charge in [-0.25, -0.2) is 4.79 Å². The average Bonchev–Trinajstić information content (AvgIpc) is 3.01. The Morgan fingerprint density at radius 1 is 0.818 bits per heavy atom. The van der Waals surface area contributed by atoms with Crippen molar-refractivity contribution >= 4 is 27.7 Å². The lowest BCUT2D eigenvalue weighted by atomic mass is 10.1. The van der Waals surface area contributed by atoms with Crippen LogP contribution in [-0.2, 0) is 24.3 Å². The second kappa shape index (κ2) is 16.2. The first-order valence-electron chi connectivity index (χ1n) is 14.8. The zero-order valence-corrected chi connectivity index (χ0v) is 27.1. The molecule has 232 valence electrons. The molecule has 0 unspecified atom stereocenters. The molecule has 1 atom stereocenters. The molecule has 2 N–H and O–H groups in total. The van der Waals surface area contributed by atoms with E-state index >= 15 is 0 Å². The van der Waals surface area contributed by atoms with Crippen LogP contribution in [0.4, 0.5) is 10.5 Å². The molecule has 4 rings (SSSR count). The number of amides is 1. The number of carbonyl (C=O) groups excluding carboxylic acids is 1. The van der Waals surface area contributed by atoms with Crippen molar-refractivity contribution in [1.82, 2.24) is 4.90 Å². The third-order valence-corrected chi connectivity index (χ3v) is 7.16. The monoisotopic (exact) mass is 660 g/mol. The van der Waals surface area contributed by atoms with Crippen LogP contribution in [0.1, 0.15) is 37.5 Å². The minimum Gasteiger partial charge on any atom is -0.491 e. The molecule has 8 heteroatoms. The molecule has 44 heavy (non-hydrogen) atoms. The lowest BCUT2D eigenvalue weighted by Gasteiger charge is -2.29. The van der Waals surface area contributed by atoms with E-state index in [0.29, 0.717) is 25.3 Å². The summed E-state index contributed by atoms with van der Waals surface area (Å²) in [5.41, 5.74) is 3.73. The number of aliphatic hydroxyl groups excluding tert-OH is 1. The summed E-state index contributed by atoms with van der Waals surface area (Å²) in [6.07, 6.45) is -0.754. The Hall–Kier alpha value is -4.01. The molecule has 0 radical (unpaired) electrons. The summed E-state index contributed by atoms with van der Waals surface area (Å²) in [4.78, 5) is 14.6. The molecular weight excluding hydrogens is 620 g/mol. The maximum Gasteiger partial charge on any atom is 0.410 e. The van der Waals surface area contributed by atoms with Crippen LogP contribution in [0.5, 0.6) is 11.5 Å². The van der Waals surface area contributed by atoms with E-state index in [4.69, 9.17) is 14.2 Å². The largest absolute Gasteiger partial charge is 0.491 e. The van der Waals surface area contributed by atoms with E-state index in [-0.39, 0.29) is 13.2 Å². The lowest BCUT2D eigenvalue weighted by molar-refractivity contribution is 0.00944. The number of halogens is 1. The average molecular weight is 662 g/mol. The molecular formula is C36H41BrN2O5. The van der Waals surface area contributed by atoms with Crippen LogP contribution in [0.15, 0.2) is 108 Å². The minimum absolute atomic E-state index is 0.0300. The zero-order valence-electron chi connectivity index (χ0n) is 25.5. The fourth-order valence-corrected chi connectivity index (χ4v) is 4.58. The molecule has 0 aliphatic rings. The maximum atomic E-state index is 13.0. The highest BCUT2D eigenvalue weighted by atomic mass is 79.9. The van der Waals surface area contributed by atoms with Gasteiger partial charge in [-0.15, -0.1) is 0 Å². The van der Waals surface area contributed by atoms with Gasteiger partial charge < -0.3 is 29.5 Å². The van der Waals surface area contributed by atoms with Gasteiger partial charge >= 0.3 is 6.09 Å². The summed E-state index contributed by atoms with van der Waals surface area (Å²) in [5, 5.41) is 14.2. The Balaban J connectivity index is 1.26. The number of nitrogens with zero attached hydrogens (tertiary/aromatic N) is 1. The van der Waals surface area contributed by atoms with Crippen LogP contribution in [0.2, 0.25) is 0 Å². The number of ether oxygens (including phenoxy) is 3. The molecule has 4 aromatic rings. The highest BCUT2D eigenvalue weighted by molar-refractivity contribution is 9.10. The SMILES string of the molecule is CC(C)(C)OC(=O)N(CCc1ccc(NCc2ccc(Br)cc2)cc1)C[C@H](O)COc1ccc(OCc2ccccc2)cc1. The summed E-state index contributed by atoms with van der Waals surface area (Å²) in [6.45, 7) is 7.20. The summed E-state index contributed by atoms with van der Waals surface area (Å²) in [7, 11) is 0. The van der Waals surface area contributed by atoms with Crippen molar-refractivity contribution in [3.05, 3.63) is 124 Å². The molecule has 0 bridgehead atoms. The van der Waals surface area contributed by atoms with E-state index < -0.39 is 17.8 Å². The van der Waals surface area contributed by atoms with Crippen molar-refractivity contribution < 1.29 is 24.1 Å². The number of nitrogens with one attached hydrogen (secondary N) is 1. The van der Waals surface area contributed by atoms with E-state index in [9.17, 15) is 9.90 Å². The van der Waals surface area contributed by atoms with Crippen LogP contribution >= 0.6 is 15.9 Å². The van der Waals surface area contributed by atoms with E-state index in [1.807, 2.05) is 99.6 Å². The molecule has 0 fully saturated rings. The number of hydrogen-bond acceptors (Lipinski definition) is 6. The van der Waals surface area contributed by atoms with Gasteiger partial charge in [0.1, 0.15) is 36.4 Å². The fraction of sp³-hybridized carbons (Fsp3) is 0.306. The Labute approximate surface area is 268 Å². The number of carbonyl (C=O) groups is 1. The van der Waals surface area contributed by atoms with Crippen molar-refractivity contribution in [2.45, 2.75) is 52.0 Å². The predicted octanol–water partition coefficient (Wildman–Crippen LogP) is 7.86. The second-order valence-electron chi connectivity index (χ2n) is 11.6. The number of aliphatic hydroxyl groups is 1. The molecule has 1 amide bonds. The zero-order chi connectivity index (χ0) is 31.4. The van der Waals surface area contributed by atoms with E-state index in [2.05, 4.69) is 33.4 Å². The van der Waals surface area contributed by atoms with Crippen LogP contribution < -0.4 is 14.8 Å². The normalized spacial score (nSPS) is 11.8. The molecule has 0 aromatic heterocycles. The van der Waals surface area contributed by atoms with Crippen molar-refractivity contribution in [2.75, 3.05) is 25.0 Å². The molecule has 0 heterocycles. The van der Waals surface area contributed by atoms with Gasteiger partial charge in [0.15, 0.2) is 0 Å². The number of hydrogen-bond donors (Lipinski definition) is 2. The number of anilines is 1. The third-order valence-electron chi connectivity index (χ3n) is 6.63. The van der Waals surface area contributed by atoms with Gasteiger partial charge in [0, 0.05) is 23.2 Å². The summed E-state index contributed by atoms with van der Waals surface area (Å²) < 4.78 is 18.3. The lowest BCUT2D eigenvalue weighted by Crippen LogP contribution is -2.43. The topological polar surface area (TPSA) is 80.3 Å². The summed E-state index contributed by atoms with van der Waals surface area (Å²) >= 11 is 3.46. The quantitative estimate of drug-likeness (QED) is 0.143. The Kier molecular flexibility index (Phi) is 12.1. The summed E-state index contributed by atoms with van der Waals surface area (Å²) in [5.74, 6) is 1.33. The highest BCUT2D eigenvalue weighted by Gasteiger charge is 2.24. The Morgan fingerprint density at radius 3 is 2.07 bits per heavy atom. The van der Waals surface area contributed by atoms with Crippen LogP contribution in [0.25, 0.3) is 0 Å².